The fourth-order valence-corrected chi connectivity index (χ4v) is 1.75. The number of hydrogen-bond acceptors (Lipinski definition) is 3. The Morgan fingerprint density at radius 3 is 2.33 bits per heavy atom. The number of rotatable bonds is 3. The molecular weight excluding hydrogens is 270 g/mol. The van der Waals surface area contributed by atoms with Crippen molar-refractivity contribution < 1.29 is 9.59 Å². The molecular formula is C15H15N3O3. The van der Waals surface area contributed by atoms with E-state index in [4.69, 9.17) is 0 Å². The Morgan fingerprint density at radius 2 is 1.71 bits per heavy atom. The van der Waals surface area contributed by atoms with E-state index in [1.54, 1.807) is 12.1 Å². The van der Waals surface area contributed by atoms with Gasteiger partial charge in [0, 0.05) is 11.8 Å². The van der Waals surface area contributed by atoms with Gasteiger partial charge in [-0.2, -0.15) is 0 Å². The Kier molecular flexibility index (Phi) is 4.50. The highest BCUT2D eigenvalue weighted by atomic mass is 16.2. The second-order valence-electron chi connectivity index (χ2n) is 4.37. The van der Waals surface area contributed by atoms with Crippen LogP contribution >= 0.6 is 0 Å². The summed E-state index contributed by atoms with van der Waals surface area (Å²) in [5.74, 6) is -1.12. The van der Waals surface area contributed by atoms with Gasteiger partial charge in [0.15, 0.2) is 0 Å². The molecule has 0 atom stereocenters. The lowest BCUT2D eigenvalue weighted by atomic mass is 10.1. The molecule has 1 heterocycles. The Bertz CT molecular complexity index is 705. The predicted octanol–water partition coefficient (Wildman–Crippen LogP) is 1.01. The molecule has 2 aromatic rings. The van der Waals surface area contributed by atoms with Crippen LogP contribution in [0.4, 0.5) is 0 Å². The second-order valence-corrected chi connectivity index (χ2v) is 4.37. The summed E-state index contributed by atoms with van der Waals surface area (Å²) in [6, 6.07) is 9.94. The molecule has 2 amide bonds. The van der Waals surface area contributed by atoms with Crippen molar-refractivity contribution in [2.45, 2.75) is 13.3 Å². The van der Waals surface area contributed by atoms with Gasteiger partial charge in [0.05, 0.1) is 0 Å². The van der Waals surface area contributed by atoms with Gasteiger partial charge in [0.1, 0.15) is 5.56 Å². The molecule has 0 saturated carbocycles. The third-order valence-electron chi connectivity index (χ3n) is 2.98. The summed E-state index contributed by atoms with van der Waals surface area (Å²) in [7, 11) is 0. The number of carbonyl (C=O) groups excluding carboxylic acids is 2. The van der Waals surface area contributed by atoms with Crippen LogP contribution in [-0.4, -0.2) is 16.8 Å². The maximum atomic E-state index is 11.9. The lowest BCUT2D eigenvalue weighted by molar-refractivity contribution is 0.0846. The summed E-state index contributed by atoms with van der Waals surface area (Å²) in [5, 5.41) is 0. The fourth-order valence-electron chi connectivity index (χ4n) is 1.75. The highest BCUT2D eigenvalue weighted by Gasteiger charge is 2.11. The van der Waals surface area contributed by atoms with Crippen molar-refractivity contribution in [2.24, 2.45) is 0 Å². The highest BCUT2D eigenvalue weighted by Crippen LogP contribution is 2.04. The molecule has 21 heavy (non-hydrogen) atoms. The standard InChI is InChI=1S/C15H15N3O3/c1-2-10-5-7-11(8-6-10)13(19)17-18-15(21)12-4-3-9-16-14(12)20/h3-9H,2H2,1H3,(H,16,20)(H,17,19)(H,18,21). The van der Waals surface area contributed by atoms with Crippen molar-refractivity contribution >= 4 is 11.8 Å². The first-order chi connectivity index (χ1) is 10.1. The normalized spacial score (nSPS) is 9.95. The van der Waals surface area contributed by atoms with Crippen LogP contribution in [0.15, 0.2) is 47.4 Å². The van der Waals surface area contributed by atoms with Crippen molar-refractivity contribution in [2.75, 3.05) is 0 Å². The molecule has 1 aromatic heterocycles. The van der Waals surface area contributed by atoms with Gasteiger partial charge in [-0.25, -0.2) is 0 Å². The molecule has 0 saturated heterocycles. The lowest BCUT2D eigenvalue weighted by Gasteiger charge is -2.07. The van der Waals surface area contributed by atoms with E-state index in [0.717, 1.165) is 12.0 Å². The van der Waals surface area contributed by atoms with Crippen LogP contribution in [0, 0.1) is 0 Å². The van der Waals surface area contributed by atoms with Gasteiger partial charge in [-0.15, -0.1) is 0 Å². The number of amides is 2. The second kappa shape index (κ2) is 6.51. The molecule has 6 heteroatoms. The molecule has 0 aliphatic carbocycles. The van der Waals surface area contributed by atoms with E-state index in [1.165, 1.54) is 18.3 Å². The third kappa shape index (κ3) is 3.56. The fraction of sp³-hybridized carbons (Fsp3) is 0.133. The molecule has 108 valence electrons. The van der Waals surface area contributed by atoms with Crippen LogP contribution in [0.25, 0.3) is 0 Å². The van der Waals surface area contributed by atoms with E-state index in [1.807, 2.05) is 19.1 Å². The molecule has 0 radical (unpaired) electrons. The van der Waals surface area contributed by atoms with Crippen LogP contribution in [0.1, 0.15) is 33.2 Å². The predicted molar refractivity (Wildman–Crippen MR) is 77.8 cm³/mol. The summed E-state index contributed by atoms with van der Waals surface area (Å²) in [6.07, 6.45) is 2.31. The quantitative estimate of drug-likeness (QED) is 0.735. The van der Waals surface area contributed by atoms with Gasteiger partial charge in [-0.3, -0.25) is 25.2 Å². The smallest absolute Gasteiger partial charge is 0.275 e. The van der Waals surface area contributed by atoms with E-state index >= 15 is 0 Å². The molecule has 0 aliphatic heterocycles. The first-order valence-electron chi connectivity index (χ1n) is 6.49. The SMILES string of the molecule is CCc1ccc(C(=O)NNC(=O)c2ccc[nH]c2=O)cc1. The average molecular weight is 285 g/mol. The number of aromatic nitrogens is 1. The number of pyridine rings is 1. The minimum absolute atomic E-state index is 0.0702. The number of hydrazine groups is 1. The van der Waals surface area contributed by atoms with Gasteiger partial charge in [-0.1, -0.05) is 19.1 Å². The largest absolute Gasteiger partial charge is 0.328 e. The van der Waals surface area contributed by atoms with Crippen LogP contribution in [0.2, 0.25) is 0 Å². The molecule has 0 unspecified atom stereocenters. The van der Waals surface area contributed by atoms with E-state index in [0.29, 0.717) is 5.56 Å². The molecule has 6 nitrogen and oxygen atoms in total. The Hall–Kier alpha value is -2.89. The number of H-pyrrole nitrogens is 1. The summed E-state index contributed by atoms with van der Waals surface area (Å²) in [5.41, 5.74) is 5.43. The highest BCUT2D eigenvalue weighted by molar-refractivity contribution is 5.98. The molecule has 1 aromatic carbocycles. The van der Waals surface area contributed by atoms with E-state index in [9.17, 15) is 14.4 Å². The van der Waals surface area contributed by atoms with Crippen LogP contribution in [0.3, 0.4) is 0 Å². The van der Waals surface area contributed by atoms with Crippen molar-refractivity contribution in [3.05, 3.63) is 69.6 Å². The van der Waals surface area contributed by atoms with Crippen LogP contribution in [0.5, 0.6) is 0 Å². The minimum Gasteiger partial charge on any atom is -0.328 e. The van der Waals surface area contributed by atoms with Gasteiger partial charge in [0.25, 0.3) is 17.4 Å². The molecule has 3 N–H and O–H groups in total. The number of benzene rings is 1. The van der Waals surface area contributed by atoms with Gasteiger partial charge in [0.2, 0.25) is 0 Å². The number of aryl methyl sites for hydroxylation is 1. The average Bonchev–Trinajstić information content (AvgIpc) is 2.52. The molecule has 0 aliphatic rings. The minimum atomic E-state index is -0.671. The maximum absolute atomic E-state index is 11.9. The number of nitrogens with one attached hydrogen (secondary N) is 3. The van der Waals surface area contributed by atoms with E-state index in [2.05, 4.69) is 15.8 Å². The Labute approximate surface area is 121 Å². The maximum Gasteiger partial charge on any atom is 0.275 e. The van der Waals surface area contributed by atoms with Gasteiger partial charge in [-0.05, 0) is 36.2 Å². The summed E-state index contributed by atoms with van der Waals surface area (Å²) in [6.45, 7) is 2.02. The molecule has 2 rings (SSSR count). The van der Waals surface area contributed by atoms with Gasteiger partial charge < -0.3 is 4.98 Å². The first kappa shape index (κ1) is 14.5. The topological polar surface area (TPSA) is 91.1 Å². The number of carbonyl (C=O) groups is 2. The van der Waals surface area contributed by atoms with Crippen molar-refractivity contribution in [1.29, 1.82) is 0 Å². The van der Waals surface area contributed by atoms with E-state index < -0.39 is 17.4 Å². The summed E-state index contributed by atoms with van der Waals surface area (Å²) < 4.78 is 0. The summed E-state index contributed by atoms with van der Waals surface area (Å²) in [4.78, 5) is 37.4. The van der Waals surface area contributed by atoms with E-state index in [-0.39, 0.29) is 5.56 Å². The van der Waals surface area contributed by atoms with Crippen molar-refractivity contribution in [1.82, 2.24) is 15.8 Å². The van der Waals surface area contributed by atoms with Crippen molar-refractivity contribution in [3.8, 4) is 0 Å². The number of hydrogen-bond donors (Lipinski definition) is 3. The van der Waals surface area contributed by atoms with Crippen molar-refractivity contribution in [3.63, 3.8) is 0 Å². The Balaban J connectivity index is 1.99. The zero-order valence-electron chi connectivity index (χ0n) is 11.5. The Morgan fingerprint density at radius 1 is 1.05 bits per heavy atom. The molecule has 0 fully saturated rings. The summed E-state index contributed by atoms with van der Waals surface area (Å²) >= 11 is 0. The van der Waals surface area contributed by atoms with Gasteiger partial charge >= 0.3 is 0 Å². The monoisotopic (exact) mass is 285 g/mol. The van der Waals surface area contributed by atoms with Crippen LogP contribution < -0.4 is 16.4 Å². The lowest BCUT2D eigenvalue weighted by Crippen LogP contribution is -2.43. The third-order valence-corrected chi connectivity index (χ3v) is 2.98. The zero-order chi connectivity index (χ0) is 15.2. The number of aromatic amines is 1. The molecule has 0 spiro atoms. The first-order valence-corrected chi connectivity index (χ1v) is 6.49. The van der Waals surface area contributed by atoms with Crippen LogP contribution in [-0.2, 0) is 6.42 Å². The molecule has 0 bridgehead atoms. The zero-order valence-corrected chi connectivity index (χ0v) is 11.5.